The largest absolute Gasteiger partial charge is 0.494 e. The Morgan fingerprint density at radius 3 is 2.28 bits per heavy atom. The van der Waals surface area contributed by atoms with Crippen molar-refractivity contribution in [2.75, 3.05) is 12.4 Å². The summed E-state index contributed by atoms with van der Waals surface area (Å²) in [6, 6.07) is -0.561. The summed E-state index contributed by atoms with van der Waals surface area (Å²) in [5.74, 6) is 0.453. The molecule has 0 heterocycles. The number of benzene rings is 1. The van der Waals surface area contributed by atoms with Crippen molar-refractivity contribution < 1.29 is 9.53 Å². The van der Waals surface area contributed by atoms with Gasteiger partial charge in [0.25, 0.3) is 0 Å². The van der Waals surface area contributed by atoms with Gasteiger partial charge >= 0.3 is 0 Å². The quantitative estimate of drug-likeness (QED) is 0.901. The van der Waals surface area contributed by atoms with Crippen LogP contribution in [0, 0.1) is 20.8 Å². The molecule has 0 spiro atoms. The Bertz CT molecular complexity index is 485. The first kappa shape index (κ1) is 15.0. The van der Waals surface area contributed by atoms with Gasteiger partial charge in [-0.05, 0) is 44.4 Å². The van der Waals surface area contributed by atoms with Crippen LogP contribution >= 0.6 is 15.9 Å². The van der Waals surface area contributed by atoms with Crippen molar-refractivity contribution in [2.24, 2.45) is 5.73 Å². The van der Waals surface area contributed by atoms with Crippen LogP contribution < -0.4 is 15.8 Å². The van der Waals surface area contributed by atoms with E-state index in [-0.39, 0.29) is 5.91 Å². The first-order valence-corrected chi connectivity index (χ1v) is 6.50. The average molecular weight is 315 g/mol. The van der Waals surface area contributed by atoms with Crippen molar-refractivity contribution in [2.45, 2.75) is 33.7 Å². The number of amides is 1. The van der Waals surface area contributed by atoms with Gasteiger partial charge in [-0.25, -0.2) is 0 Å². The maximum absolute atomic E-state index is 11.7. The van der Waals surface area contributed by atoms with E-state index in [9.17, 15) is 4.79 Å². The van der Waals surface area contributed by atoms with E-state index in [1.54, 1.807) is 14.0 Å². The Hall–Kier alpha value is -1.07. The first-order chi connectivity index (χ1) is 8.31. The number of rotatable bonds is 3. The van der Waals surface area contributed by atoms with Gasteiger partial charge in [-0.3, -0.25) is 4.79 Å². The number of carbonyl (C=O) groups is 1. The van der Waals surface area contributed by atoms with Gasteiger partial charge in [0.1, 0.15) is 5.75 Å². The van der Waals surface area contributed by atoms with Crippen LogP contribution in [0.4, 0.5) is 5.69 Å². The predicted octanol–water partition coefficient (Wildman–Crippen LogP) is 2.67. The number of nitrogens with one attached hydrogen (secondary N) is 1. The molecule has 1 rings (SSSR count). The Kier molecular flexibility index (Phi) is 4.76. The topological polar surface area (TPSA) is 64.3 Å². The number of anilines is 1. The van der Waals surface area contributed by atoms with Gasteiger partial charge in [-0.2, -0.15) is 0 Å². The van der Waals surface area contributed by atoms with E-state index in [1.807, 2.05) is 20.8 Å². The molecule has 100 valence electrons. The molecule has 0 saturated carbocycles. The monoisotopic (exact) mass is 314 g/mol. The average Bonchev–Trinajstić information content (AvgIpc) is 2.33. The minimum absolute atomic E-state index is 0.230. The molecule has 0 aliphatic heterocycles. The number of hydrogen-bond acceptors (Lipinski definition) is 3. The number of hydrogen-bond donors (Lipinski definition) is 2. The van der Waals surface area contributed by atoms with Crippen LogP contribution in [0.3, 0.4) is 0 Å². The van der Waals surface area contributed by atoms with Gasteiger partial charge in [0, 0.05) is 4.47 Å². The lowest BCUT2D eigenvalue weighted by molar-refractivity contribution is -0.117. The van der Waals surface area contributed by atoms with E-state index in [0.29, 0.717) is 11.4 Å². The lowest BCUT2D eigenvalue weighted by Gasteiger charge is -2.20. The molecule has 0 bridgehead atoms. The molecule has 0 saturated heterocycles. The highest BCUT2D eigenvalue weighted by molar-refractivity contribution is 9.10. The molecule has 5 heteroatoms. The zero-order valence-corrected chi connectivity index (χ0v) is 12.9. The van der Waals surface area contributed by atoms with Gasteiger partial charge < -0.3 is 15.8 Å². The lowest BCUT2D eigenvalue weighted by atomic mass is 10.0. The summed E-state index contributed by atoms with van der Waals surface area (Å²) >= 11 is 3.53. The summed E-state index contributed by atoms with van der Waals surface area (Å²) in [6.07, 6.45) is 0. The Labute approximate surface area is 116 Å². The number of methoxy groups -OCH3 is 1. The maximum Gasteiger partial charge on any atom is 0.241 e. The van der Waals surface area contributed by atoms with E-state index in [2.05, 4.69) is 21.2 Å². The number of ether oxygens (including phenoxy) is 1. The highest BCUT2D eigenvalue weighted by Gasteiger charge is 2.19. The van der Waals surface area contributed by atoms with Crippen molar-refractivity contribution in [1.82, 2.24) is 0 Å². The van der Waals surface area contributed by atoms with Crippen molar-refractivity contribution >= 4 is 27.5 Å². The fraction of sp³-hybridized carbons (Fsp3) is 0.462. The third kappa shape index (κ3) is 2.67. The zero-order chi connectivity index (χ0) is 14.0. The van der Waals surface area contributed by atoms with Gasteiger partial charge in [-0.1, -0.05) is 15.9 Å². The molecule has 4 nitrogen and oxygen atoms in total. The number of halogens is 1. The molecule has 3 N–H and O–H groups in total. The molecular weight excluding hydrogens is 296 g/mol. The third-order valence-corrected chi connectivity index (χ3v) is 4.22. The van der Waals surface area contributed by atoms with Crippen LogP contribution in [0.5, 0.6) is 5.75 Å². The van der Waals surface area contributed by atoms with Crippen molar-refractivity contribution in [1.29, 1.82) is 0 Å². The van der Waals surface area contributed by atoms with Crippen molar-refractivity contribution in [3.63, 3.8) is 0 Å². The van der Waals surface area contributed by atoms with Gasteiger partial charge in [0.15, 0.2) is 0 Å². The second-order valence-electron chi connectivity index (χ2n) is 4.38. The van der Waals surface area contributed by atoms with Crippen LogP contribution in [-0.4, -0.2) is 19.1 Å². The summed E-state index contributed by atoms with van der Waals surface area (Å²) in [6.45, 7) is 7.54. The fourth-order valence-electron chi connectivity index (χ4n) is 1.73. The molecule has 0 fully saturated rings. The summed E-state index contributed by atoms with van der Waals surface area (Å²) in [5, 5.41) is 2.82. The predicted molar refractivity (Wildman–Crippen MR) is 77.2 cm³/mol. The first-order valence-electron chi connectivity index (χ1n) is 5.70. The van der Waals surface area contributed by atoms with Crippen LogP contribution in [-0.2, 0) is 4.79 Å². The van der Waals surface area contributed by atoms with E-state index < -0.39 is 6.04 Å². The highest BCUT2D eigenvalue weighted by atomic mass is 79.9. The summed E-state index contributed by atoms with van der Waals surface area (Å²) in [5.41, 5.74) is 9.27. The van der Waals surface area contributed by atoms with Crippen LogP contribution in [0.1, 0.15) is 23.6 Å². The van der Waals surface area contributed by atoms with Crippen molar-refractivity contribution in [3.05, 3.63) is 21.2 Å². The molecule has 1 amide bonds. The highest BCUT2D eigenvalue weighted by Crippen LogP contribution is 2.39. The van der Waals surface area contributed by atoms with Crippen LogP contribution in [0.25, 0.3) is 0 Å². The van der Waals surface area contributed by atoms with Gasteiger partial charge in [0.2, 0.25) is 5.91 Å². The molecule has 1 aromatic carbocycles. The van der Waals surface area contributed by atoms with E-state index in [1.165, 1.54) is 0 Å². The van der Waals surface area contributed by atoms with Crippen LogP contribution in [0.15, 0.2) is 4.47 Å². The molecule has 0 aromatic heterocycles. The molecule has 0 aliphatic carbocycles. The molecule has 18 heavy (non-hydrogen) atoms. The van der Waals surface area contributed by atoms with Gasteiger partial charge in [0.05, 0.1) is 18.8 Å². The Morgan fingerprint density at radius 1 is 1.28 bits per heavy atom. The molecule has 0 aliphatic rings. The Morgan fingerprint density at radius 2 is 1.83 bits per heavy atom. The van der Waals surface area contributed by atoms with E-state index >= 15 is 0 Å². The van der Waals surface area contributed by atoms with Crippen molar-refractivity contribution in [3.8, 4) is 5.75 Å². The van der Waals surface area contributed by atoms with Gasteiger partial charge in [-0.15, -0.1) is 0 Å². The maximum atomic E-state index is 11.7. The second kappa shape index (κ2) is 5.71. The second-order valence-corrected chi connectivity index (χ2v) is 5.17. The SMILES string of the molecule is COc1c(C)c(C)c(Br)c(C)c1NC(=O)C(C)N. The third-order valence-electron chi connectivity index (χ3n) is 3.03. The standard InChI is InChI=1S/C13H19BrN2O2/c1-6-7(2)12(18-5)11(8(3)10(6)14)16-13(17)9(4)15/h9H,15H2,1-5H3,(H,16,17). The molecular formula is C13H19BrN2O2. The summed E-state index contributed by atoms with van der Waals surface area (Å²) < 4.78 is 6.37. The normalized spacial score (nSPS) is 12.2. The number of carbonyl (C=O) groups excluding carboxylic acids is 1. The smallest absolute Gasteiger partial charge is 0.241 e. The fourth-order valence-corrected chi connectivity index (χ4v) is 2.22. The molecule has 1 aromatic rings. The van der Waals surface area contributed by atoms with Crippen LogP contribution in [0.2, 0.25) is 0 Å². The molecule has 0 radical (unpaired) electrons. The minimum atomic E-state index is -0.561. The van der Waals surface area contributed by atoms with E-state index in [4.69, 9.17) is 10.5 Å². The summed E-state index contributed by atoms with van der Waals surface area (Å²) in [4.78, 5) is 11.7. The molecule has 1 unspecified atom stereocenters. The number of nitrogens with two attached hydrogens (primary N) is 1. The minimum Gasteiger partial charge on any atom is -0.494 e. The lowest BCUT2D eigenvalue weighted by Crippen LogP contribution is -2.33. The molecule has 1 atom stereocenters. The zero-order valence-electron chi connectivity index (χ0n) is 11.3. The Balaban J connectivity index is 3.38. The summed E-state index contributed by atoms with van der Waals surface area (Å²) in [7, 11) is 1.59. The van der Waals surface area contributed by atoms with E-state index in [0.717, 1.165) is 21.2 Å².